The van der Waals surface area contributed by atoms with Gasteiger partial charge in [-0.1, -0.05) is 12.8 Å². The third kappa shape index (κ3) is 5.40. The number of aliphatic hydroxyl groups excluding tert-OH is 1. The molecule has 0 aliphatic rings. The zero-order chi connectivity index (χ0) is 14.1. The van der Waals surface area contributed by atoms with Crippen LogP contribution in [0.4, 0.5) is 5.95 Å². The SMILES string of the molecule is Cc1nc(NCCCCCCN)[nH]c(=O)c1CCO. The van der Waals surface area contributed by atoms with Gasteiger partial charge in [-0.05, 0) is 26.3 Å². The maximum Gasteiger partial charge on any atom is 0.255 e. The molecule has 0 aliphatic heterocycles. The Morgan fingerprint density at radius 1 is 1.32 bits per heavy atom. The molecule has 0 aromatic carbocycles. The Bertz CT molecular complexity index is 431. The summed E-state index contributed by atoms with van der Waals surface area (Å²) in [5.74, 6) is 0.503. The minimum absolute atomic E-state index is 0.0421. The molecule has 0 aliphatic carbocycles. The first-order chi connectivity index (χ1) is 9.19. The standard InChI is InChI=1S/C13H24N4O2/c1-10-11(6-9-18)12(19)17-13(16-10)15-8-5-3-2-4-7-14/h18H,2-9,14H2,1H3,(H2,15,16,17,19). The summed E-state index contributed by atoms with van der Waals surface area (Å²) in [6.07, 6.45) is 4.69. The van der Waals surface area contributed by atoms with Gasteiger partial charge in [0.05, 0.1) is 5.69 Å². The van der Waals surface area contributed by atoms with Gasteiger partial charge in [0.25, 0.3) is 5.56 Å². The highest BCUT2D eigenvalue weighted by Gasteiger charge is 2.06. The number of nitrogens with two attached hydrogens (primary N) is 1. The molecule has 0 unspecified atom stereocenters. The minimum atomic E-state index is -0.174. The molecule has 0 amide bonds. The van der Waals surface area contributed by atoms with Crippen molar-refractivity contribution in [1.29, 1.82) is 0 Å². The van der Waals surface area contributed by atoms with Gasteiger partial charge in [0, 0.05) is 25.1 Å². The highest BCUT2D eigenvalue weighted by molar-refractivity contribution is 5.29. The summed E-state index contributed by atoms with van der Waals surface area (Å²) in [6, 6.07) is 0. The number of nitrogens with one attached hydrogen (secondary N) is 2. The Morgan fingerprint density at radius 3 is 2.68 bits per heavy atom. The lowest BCUT2D eigenvalue weighted by Crippen LogP contribution is -2.20. The Hall–Kier alpha value is -1.40. The van der Waals surface area contributed by atoms with Crippen molar-refractivity contribution < 1.29 is 5.11 Å². The molecule has 5 N–H and O–H groups in total. The van der Waals surface area contributed by atoms with Gasteiger partial charge in [0.15, 0.2) is 0 Å². The van der Waals surface area contributed by atoms with E-state index in [2.05, 4.69) is 15.3 Å². The van der Waals surface area contributed by atoms with E-state index in [0.717, 1.165) is 38.8 Å². The number of aryl methyl sites for hydroxylation is 1. The van der Waals surface area contributed by atoms with Crippen molar-refractivity contribution in [2.45, 2.75) is 39.0 Å². The number of rotatable bonds is 9. The normalized spacial score (nSPS) is 10.7. The molecular weight excluding hydrogens is 244 g/mol. The number of aromatic amines is 1. The average Bonchev–Trinajstić information content (AvgIpc) is 2.38. The van der Waals surface area contributed by atoms with Gasteiger partial charge in [0.2, 0.25) is 5.95 Å². The van der Waals surface area contributed by atoms with Crippen LogP contribution in [0.15, 0.2) is 4.79 Å². The number of hydrogen-bond donors (Lipinski definition) is 4. The second-order valence-corrected chi connectivity index (χ2v) is 4.58. The third-order valence-electron chi connectivity index (χ3n) is 3.01. The maximum absolute atomic E-state index is 11.8. The minimum Gasteiger partial charge on any atom is -0.396 e. The highest BCUT2D eigenvalue weighted by atomic mass is 16.3. The first kappa shape index (κ1) is 15.7. The lowest BCUT2D eigenvalue weighted by molar-refractivity contribution is 0.298. The molecule has 0 fully saturated rings. The largest absolute Gasteiger partial charge is 0.396 e. The third-order valence-corrected chi connectivity index (χ3v) is 3.01. The molecule has 0 saturated carbocycles. The fourth-order valence-electron chi connectivity index (χ4n) is 1.93. The lowest BCUT2D eigenvalue weighted by atomic mass is 10.2. The molecule has 6 heteroatoms. The smallest absolute Gasteiger partial charge is 0.255 e. The second kappa shape index (κ2) is 8.66. The second-order valence-electron chi connectivity index (χ2n) is 4.58. The van der Waals surface area contributed by atoms with E-state index >= 15 is 0 Å². The number of anilines is 1. The first-order valence-corrected chi connectivity index (χ1v) is 6.83. The molecule has 19 heavy (non-hydrogen) atoms. The summed E-state index contributed by atoms with van der Waals surface area (Å²) in [5, 5.41) is 12.0. The molecule has 0 bridgehead atoms. The Kier molecular flexibility index (Phi) is 7.14. The highest BCUT2D eigenvalue weighted by Crippen LogP contribution is 2.04. The number of aliphatic hydroxyl groups is 1. The van der Waals surface area contributed by atoms with Crippen LogP contribution in [0.3, 0.4) is 0 Å². The summed E-state index contributed by atoms with van der Waals surface area (Å²) in [4.78, 5) is 18.7. The maximum atomic E-state index is 11.8. The fourth-order valence-corrected chi connectivity index (χ4v) is 1.93. The molecule has 108 valence electrons. The van der Waals surface area contributed by atoms with E-state index < -0.39 is 0 Å². The van der Waals surface area contributed by atoms with E-state index in [-0.39, 0.29) is 12.2 Å². The van der Waals surface area contributed by atoms with Crippen LogP contribution in [0.25, 0.3) is 0 Å². The predicted molar refractivity (Wildman–Crippen MR) is 76.4 cm³/mol. The Balaban J connectivity index is 2.45. The van der Waals surface area contributed by atoms with Crippen LogP contribution in [0.5, 0.6) is 0 Å². The molecule has 0 spiro atoms. The summed E-state index contributed by atoms with van der Waals surface area (Å²) in [6.45, 7) is 3.27. The zero-order valence-electron chi connectivity index (χ0n) is 11.5. The van der Waals surface area contributed by atoms with E-state index in [1.165, 1.54) is 0 Å². The van der Waals surface area contributed by atoms with Crippen molar-refractivity contribution in [1.82, 2.24) is 9.97 Å². The molecule has 1 heterocycles. The van der Waals surface area contributed by atoms with E-state index in [9.17, 15) is 4.79 Å². The van der Waals surface area contributed by atoms with Gasteiger partial charge in [0.1, 0.15) is 0 Å². The Labute approximate surface area is 113 Å². The summed E-state index contributed by atoms with van der Waals surface area (Å²) < 4.78 is 0. The van der Waals surface area contributed by atoms with Gasteiger partial charge < -0.3 is 16.2 Å². The summed E-state index contributed by atoms with van der Waals surface area (Å²) in [7, 11) is 0. The van der Waals surface area contributed by atoms with Gasteiger partial charge in [-0.15, -0.1) is 0 Å². The van der Waals surface area contributed by atoms with Crippen molar-refractivity contribution in [2.24, 2.45) is 5.73 Å². The van der Waals surface area contributed by atoms with E-state index in [0.29, 0.717) is 23.6 Å². The van der Waals surface area contributed by atoms with Crippen molar-refractivity contribution in [3.05, 3.63) is 21.6 Å². The topological polar surface area (TPSA) is 104 Å². The monoisotopic (exact) mass is 268 g/mol. The van der Waals surface area contributed by atoms with Crippen molar-refractivity contribution in [3.8, 4) is 0 Å². The molecule has 1 aromatic rings. The Morgan fingerprint density at radius 2 is 2.05 bits per heavy atom. The molecular formula is C13H24N4O2. The van der Waals surface area contributed by atoms with Gasteiger partial charge in [-0.3, -0.25) is 9.78 Å². The van der Waals surface area contributed by atoms with Crippen LogP contribution in [-0.2, 0) is 6.42 Å². The van der Waals surface area contributed by atoms with E-state index in [4.69, 9.17) is 10.8 Å². The molecule has 0 atom stereocenters. The van der Waals surface area contributed by atoms with Crippen molar-refractivity contribution in [3.63, 3.8) is 0 Å². The van der Waals surface area contributed by atoms with Crippen molar-refractivity contribution >= 4 is 5.95 Å². The van der Waals surface area contributed by atoms with Crippen LogP contribution in [0.2, 0.25) is 0 Å². The number of aromatic nitrogens is 2. The van der Waals surface area contributed by atoms with Crippen LogP contribution in [-0.4, -0.2) is 34.8 Å². The quantitative estimate of drug-likeness (QED) is 0.489. The lowest BCUT2D eigenvalue weighted by Gasteiger charge is -2.08. The fraction of sp³-hybridized carbons (Fsp3) is 0.692. The van der Waals surface area contributed by atoms with Crippen LogP contribution >= 0.6 is 0 Å². The molecule has 6 nitrogen and oxygen atoms in total. The van der Waals surface area contributed by atoms with Gasteiger partial charge >= 0.3 is 0 Å². The predicted octanol–water partition coefficient (Wildman–Crippen LogP) is 0.544. The van der Waals surface area contributed by atoms with Crippen LogP contribution in [0.1, 0.15) is 36.9 Å². The van der Waals surface area contributed by atoms with Crippen LogP contribution in [0, 0.1) is 6.92 Å². The van der Waals surface area contributed by atoms with Gasteiger partial charge in [-0.2, -0.15) is 0 Å². The molecule has 0 radical (unpaired) electrons. The van der Waals surface area contributed by atoms with Crippen molar-refractivity contribution in [2.75, 3.05) is 25.0 Å². The molecule has 1 rings (SSSR count). The number of H-pyrrole nitrogens is 1. The first-order valence-electron chi connectivity index (χ1n) is 6.83. The number of unbranched alkanes of at least 4 members (excludes halogenated alkanes) is 3. The van der Waals surface area contributed by atoms with E-state index in [1.807, 2.05) is 0 Å². The van der Waals surface area contributed by atoms with E-state index in [1.54, 1.807) is 6.92 Å². The molecule has 1 aromatic heterocycles. The summed E-state index contributed by atoms with van der Waals surface area (Å²) >= 11 is 0. The van der Waals surface area contributed by atoms with Gasteiger partial charge in [-0.25, -0.2) is 4.98 Å². The number of hydrogen-bond acceptors (Lipinski definition) is 5. The van der Waals surface area contributed by atoms with Crippen LogP contribution < -0.4 is 16.6 Å². The number of nitrogens with zero attached hydrogens (tertiary/aromatic N) is 1. The zero-order valence-corrected chi connectivity index (χ0v) is 11.5. The average molecular weight is 268 g/mol. The molecule has 0 saturated heterocycles. The summed E-state index contributed by atoms with van der Waals surface area (Å²) in [5.41, 5.74) is 6.47.